The maximum atomic E-state index is 14.5. The molecule has 14 heteroatoms. The van der Waals surface area contributed by atoms with Crippen molar-refractivity contribution >= 4 is 46.7 Å². The van der Waals surface area contributed by atoms with E-state index >= 15 is 0 Å². The molecule has 0 radical (unpaired) electrons. The van der Waals surface area contributed by atoms with Gasteiger partial charge in [-0.05, 0) is 48.8 Å². The summed E-state index contributed by atoms with van der Waals surface area (Å²) in [7, 11) is 0. The monoisotopic (exact) mass is 719 g/mol. The number of likely N-dealkylation sites (tertiary alicyclic amines) is 2. The number of hydrogen-bond acceptors (Lipinski definition) is 7. The second kappa shape index (κ2) is 15.0. The first-order chi connectivity index (χ1) is 23.5. The average molecular weight is 720 g/mol. The number of carbonyl (C=O) groups is 5. The summed E-state index contributed by atoms with van der Waals surface area (Å²) in [6, 6.07) is 3.66. The summed E-state index contributed by atoms with van der Waals surface area (Å²) in [4.78, 5) is 76.2. The molecule has 1 aromatic carbocycles. The predicted molar refractivity (Wildman–Crippen MR) is 182 cm³/mol. The molecule has 4 aliphatic rings. The Morgan fingerprint density at radius 2 is 1.76 bits per heavy atom. The lowest BCUT2D eigenvalue weighted by Crippen LogP contribution is -2.62. The number of ketones is 1. The SMILES string of the molecule is CCC[C@H](NC(=O)[C@@H]1C[C@]2(C=C(c3cccc(Cl)c3)NO2)CN1C(=O)[C@@H](NC(=O)CC1CCCCC1)C(C)(C)C)C(=O)C(=O)N1CC(F)(F)C1. The largest absolute Gasteiger partial charge is 0.344 e. The summed E-state index contributed by atoms with van der Waals surface area (Å²) in [6.45, 7) is 5.50. The van der Waals surface area contributed by atoms with Crippen LogP contribution in [0.1, 0.15) is 91.0 Å². The zero-order valence-corrected chi connectivity index (χ0v) is 29.9. The van der Waals surface area contributed by atoms with E-state index in [9.17, 15) is 32.8 Å². The van der Waals surface area contributed by atoms with Crippen LogP contribution in [-0.2, 0) is 28.8 Å². The van der Waals surface area contributed by atoms with Crippen LogP contribution in [0.2, 0.25) is 5.02 Å². The van der Waals surface area contributed by atoms with Gasteiger partial charge in [0.1, 0.15) is 17.7 Å². The number of halogens is 3. The maximum absolute atomic E-state index is 14.5. The first kappa shape index (κ1) is 37.7. The predicted octanol–water partition coefficient (Wildman–Crippen LogP) is 4.39. The van der Waals surface area contributed by atoms with Crippen molar-refractivity contribution in [3.05, 3.63) is 40.9 Å². The van der Waals surface area contributed by atoms with Crippen LogP contribution < -0.4 is 16.1 Å². The minimum Gasteiger partial charge on any atom is -0.344 e. The molecule has 274 valence electrons. The van der Waals surface area contributed by atoms with Crippen LogP contribution in [0.5, 0.6) is 0 Å². The number of amides is 4. The molecule has 1 saturated carbocycles. The minimum absolute atomic E-state index is 0.00610. The van der Waals surface area contributed by atoms with Crippen molar-refractivity contribution in [1.82, 2.24) is 25.9 Å². The summed E-state index contributed by atoms with van der Waals surface area (Å²) in [5, 5.41) is 6.14. The number of Topliss-reactive ketones (excluding diaryl/α,β-unsaturated/α-hetero) is 1. The molecule has 0 bridgehead atoms. The molecule has 1 aromatic rings. The second-order valence-corrected chi connectivity index (χ2v) is 15.8. The molecular formula is C36H48ClF2N5O6. The van der Waals surface area contributed by atoms with Gasteiger partial charge in [0.05, 0.1) is 31.4 Å². The normalized spacial score (nSPS) is 24.5. The van der Waals surface area contributed by atoms with Crippen LogP contribution >= 0.6 is 11.6 Å². The highest BCUT2D eigenvalue weighted by atomic mass is 35.5. The summed E-state index contributed by atoms with van der Waals surface area (Å²) < 4.78 is 26.9. The fraction of sp³-hybridized carbons (Fsp3) is 0.639. The standard InChI is InChI=1S/C36H48ClF2N5O6/c1-5-10-25(29(46)32(48)43-20-36(38,39)21-43)40-31(47)27-18-35(17-26(42-50-35)23-13-9-14-24(37)16-23)19-44(27)33(49)30(34(2,3)4)41-28(45)15-22-11-7-6-8-12-22/h9,13-14,16-17,22,25,27,30,42H,5-8,10-12,15,18-21H2,1-4H3,(H,40,47)(H,41,45)/t25-,27-,30+,35+/m0/s1. The molecule has 4 amide bonds. The Morgan fingerprint density at radius 1 is 1.06 bits per heavy atom. The van der Waals surface area contributed by atoms with Crippen molar-refractivity contribution in [2.45, 2.75) is 115 Å². The van der Waals surface area contributed by atoms with E-state index in [0.29, 0.717) is 23.6 Å². The van der Waals surface area contributed by atoms with Crippen molar-refractivity contribution in [2.24, 2.45) is 11.3 Å². The number of hydroxylamine groups is 1. The van der Waals surface area contributed by atoms with E-state index in [-0.39, 0.29) is 31.2 Å². The number of hydrogen-bond donors (Lipinski definition) is 3. The van der Waals surface area contributed by atoms with Crippen LogP contribution in [0.4, 0.5) is 8.78 Å². The molecule has 11 nitrogen and oxygen atoms in total. The summed E-state index contributed by atoms with van der Waals surface area (Å²) in [5.74, 6) is -6.30. The Balaban J connectivity index is 1.41. The molecule has 2 saturated heterocycles. The van der Waals surface area contributed by atoms with Gasteiger partial charge in [-0.15, -0.1) is 0 Å². The third kappa shape index (κ3) is 8.65. The van der Waals surface area contributed by atoms with Crippen molar-refractivity contribution in [2.75, 3.05) is 19.6 Å². The Bertz CT molecular complexity index is 1520. The Hall–Kier alpha value is -3.58. The molecule has 50 heavy (non-hydrogen) atoms. The van der Waals surface area contributed by atoms with E-state index in [0.717, 1.165) is 42.6 Å². The smallest absolute Gasteiger partial charge is 0.292 e. The van der Waals surface area contributed by atoms with Crippen LogP contribution in [0.15, 0.2) is 30.3 Å². The first-order valence-electron chi connectivity index (χ1n) is 17.5. The maximum Gasteiger partial charge on any atom is 0.292 e. The topological polar surface area (TPSA) is 137 Å². The van der Waals surface area contributed by atoms with Crippen molar-refractivity contribution in [3.63, 3.8) is 0 Å². The van der Waals surface area contributed by atoms with E-state index in [2.05, 4.69) is 16.1 Å². The van der Waals surface area contributed by atoms with Gasteiger partial charge >= 0.3 is 0 Å². The molecule has 1 aliphatic carbocycles. The summed E-state index contributed by atoms with van der Waals surface area (Å²) in [5.41, 5.74) is 2.33. The van der Waals surface area contributed by atoms with Crippen molar-refractivity contribution in [1.29, 1.82) is 0 Å². The van der Waals surface area contributed by atoms with Gasteiger partial charge in [0.2, 0.25) is 23.5 Å². The number of nitrogens with one attached hydrogen (secondary N) is 3. The Morgan fingerprint density at radius 3 is 2.38 bits per heavy atom. The highest BCUT2D eigenvalue weighted by Gasteiger charge is 2.54. The van der Waals surface area contributed by atoms with Crippen molar-refractivity contribution < 1.29 is 37.6 Å². The highest BCUT2D eigenvalue weighted by Crippen LogP contribution is 2.39. The molecule has 1 spiro atoms. The van der Waals surface area contributed by atoms with E-state index in [4.69, 9.17) is 16.4 Å². The molecule has 3 heterocycles. The van der Waals surface area contributed by atoms with Gasteiger partial charge in [-0.1, -0.05) is 77.1 Å². The van der Waals surface area contributed by atoms with Crippen LogP contribution in [0.3, 0.4) is 0 Å². The molecule has 3 N–H and O–H groups in total. The van der Waals surface area contributed by atoms with E-state index < -0.39 is 71.7 Å². The second-order valence-electron chi connectivity index (χ2n) is 15.3. The molecule has 3 fully saturated rings. The quantitative estimate of drug-likeness (QED) is 0.289. The van der Waals surface area contributed by atoms with Gasteiger partial charge in [-0.3, -0.25) is 34.3 Å². The molecule has 3 aliphatic heterocycles. The lowest BCUT2D eigenvalue weighted by atomic mass is 9.84. The molecule has 5 rings (SSSR count). The van der Waals surface area contributed by atoms with Crippen LogP contribution in [0.25, 0.3) is 5.70 Å². The minimum atomic E-state index is -3.05. The summed E-state index contributed by atoms with van der Waals surface area (Å²) >= 11 is 6.22. The number of alkyl halides is 2. The van der Waals surface area contributed by atoms with Gasteiger partial charge in [-0.25, -0.2) is 8.78 Å². The van der Waals surface area contributed by atoms with Crippen molar-refractivity contribution in [3.8, 4) is 0 Å². The zero-order valence-electron chi connectivity index (χ0n) is 29.2. The molecular weight excluding hydrogens is 672 g/mol. The van der Waals surface area contributed by atoms with Gasteiger partial charge in [0.15, 0.2) is 0 Å². The third-order valence-electron chi connectivity index (χ3n) is 10.0. The van der Waals surface area contributed by atoms with Gasteiger partial charge in [-0.2, -0.15) is 0 Å². The Labute approximate surface area is 296 Å². The zero-order chi connectivity index (χ0) is 36.4. The molecule has 4 atom stereocenters. The third-order valence-corrected chi connectivity index (χ3v) is 10.3. The van der Waals surface area contributed by atoms with Gasteiger partial charge in [0.25, 0.3) is 11.8 Å². The fourth-order valence-electron chi connectivity index (χ4n) is 7.30. The van der Waals surface area contributed by atoms with E-state index in [1.165, 1.54) is 4.90 Å². The van der Waals surface area contributed by atoms with Crippen LogP contribution in [0, 0.1) is 11.3 Å². The van der Waals surface area contributed by atoms with E-state index in [1.54, 1.807) is 31.2 Å². The average Bonchev–Trinajstić information content (AvgIpc) is 3.64. The number of carbonyl (C=O) groups excluding carboxylic acids is 5. The number of rotatable bonds is 11. The molecule has 0 unspecified atom stereocenters. The van der Waals surface area contributed by atoms with Gasteiger partial charge < -0.3 is 20.4 Å². The Kier molecular flexibility index (Phi) is 11.3. The summed E-state index contributed by atoms with van der Waals surface area (Å²) in [6.07, 6.45) is 7.82. The lowest BCUT2D eigenvalue weighted by molar-refractivity contribution is -0.170. The fourth-order valence-corrected chi connectivity index (χ4v) is 7.49. The van der Waals surface area contributed by atoms with Crippen LogP contribution in [-0.4, -0.2) is 88.5 Å². The van der Waals surface area contributed by atoms with Gasteiger partial charge in [0, 0.05) is 23.4 Å². The number of nitrogens with zero attached hydrogens (tertiary/aromatic N) is 2. The first-order valence-corrected chi connectivity index (χ1v) is 17.9. The molecule has 0 aromatic heterocycles. The highest BCUT2D eigenvalue weighted by molar-refractivity contribution is 6.38. The lowest BCUT2D eigenvalue weighted by Gasteiger charge is -2.38. The number of benzene rings is 1. The van der Waals surface area contributed by atoms with E-state index in [1.807, 2.05) is 26.8 Å².